The van der Waals surface area contributed by atoms with Gasteiger partial charge < -0.3 is 9.84 Å². The van der Waals surface area contributed by atoms with Gasteiger partial charge in [0.2, 0.25) is 0 Å². The largest absolute Gasteiger partial charge is 0.488 e. The van der Waals surface area contributed by atoms with Gasteiger partial charge in [-0.1, -0.05) is 41.6 Å². The van der Waals surface area contributed by atoms with Crippen LogP contribution in [0.5, 0.6) is 5.75 Å². The predicted octanol–water partition coefficient (Wildman–Crippen LogP) is 4.07. The number of hydrogen-bond acceptors (Lipinski definition) is 4. The van der Waals surface area contributed by atoms with Crippen LogP contribution >= 0.6 is 11.8 Å². The van der Waals surface area contributed by atoms with Crippen molar-refractivity contribution in [2.75, 3.05) is 13.1 Å². The molecule has 2 aromatic carbocycles. The van der Waals surface area contributed by atoms with E-state index in [1.807, 2.05) is 23.1 Å². The molecule has 4 nitrogen and oxygen atoms in total. The first-order valence-corrected chi connectivity index (χ1v) is 9.31. The average molecular weight is 357 g/mol. The van der Waals surface area contributed by atoms with Gasteiger partial charge in [-0.15, -0.1) is 0 Å². The second-order valence-corrected chi connectivity index (χ2v) is 7.51. The third kappa shape index (κ3) is 4.55. The van der Waals surface area contributed by atoms with Gasteiger partial charge in [0.05, 0.1) is 4.90 Å². The molecule has 5 heteroatoms. The highest BCUT2D eigenvalue weighted by Gasteiger charge is 2.30. The average Bonchev–Trinajstić information content (AvgIpc) is 3.06. The molecule has 1 aliphatic rings. The molecule has 0 spiro atoms. The zero-order valence-corrected chi connectivity index (χ0v) is 15.3. The van der Waals surface area contributed by atoms with E-state index in [1.165, 1.54) is 10.5 Å². The molecule has 1 heterocycles. The summed E-state index contributed by atoms with van der Waals surface area (Å²) in [5, 5.41) is 9.16. The van der Waals surface area contributed by atoms with Gasteiger partial charge in [0.1, 0.15) is 17.9 Å². The minimum absolute atomic E-state index is 0.0292. The van der Waals surface area contributed by atoms with Crippen LogP contribution in [0.1, 0.15) is 18.9 Å². The van der Waals surface area contributed by atoms with E-state index in [2.05, 4.69) is 37.3 Å². The van der Waals surface area contributed by atoms with Gasteiger partial charge >= 0.3 is 5.97 Å². The van der Waals surface area contributed by atoms with Crippen LogP contribution in [0.25, 0.3) is 0 Å². The van der Waals surface area contributed by atoms with Gasteiger partial charge in [0.15, 0.2) is 0 Å². The predicted molar refractivity (Wildman–Crippen MR) is 99.4 cm³/mol. The third-order valence-corrected chi connectivity index (χ3v) is 5.54. The summed E-state index contributed by atoms with van der Waals surface area (Å²) in [6, 6.07) is 16.0. The van der Waals surface area contributed by atoms with Gasteiger partial charge in [-0.25, -0.2) is 0 Å². The van der Waals surface area contributed by atoms with Crippen molar-refractivity contribution in [1.82, 2.24) is 4.90 Å². The van der Waals surface area contributed by atoms with Gasteiger partial charge in [-0.2, -0.15) is 0 Å². The van der Waals surface area contributed by atoms with E-state index < -0.39 is 12.0 Å². The van der Waals surface area contributed by atoms with Crippen LogP contribution in [0.4, 0.5) is 0 Å². The summed E-state index contributed by atoms with van der Waals surface area (Å²) in [6.45, 7) is 5.21. The molecule has 1 aliphatic heterocycles. The van der Waals surface area contributed by atoms with Crippen molar-refractivity contribution in [2.24, 2.45) is 0 Å². The minimum Gasteiger partial charge on any atom is -0.488 e. The topological polar surface area (TPSA) is 49.8 Å². The van der Waals surface area contributed by atoms with Crippen molar-refractivity contribution < 1.29 is 14.6 Å². The van der Waals surface area contributed by atoms with E-state index in [-0.39, 0.29) is 6.10 Å². The number of benzene rings is 2. The molecule has 132 valence electrons. The molecule has 2 atom stereocenters. The molecule has 25 heavy (non-hydrogen) atoms. The maximum atomic E-state index is 11.1. The van der Waals surface area contributed by atoms with Crippen LogP contribution in [0.15, 0.2) is 58.3 Å². The minimum atomic E-state index is -0.782. The lowest BCUT2D eigenvalue weighted by atomic mass is 10.2. The quantitative estimate of drug-likeness (QED) is 0.844. The number of carbonyl (C=O) groups is 1. The number of aryl methyl sites for hydroxylation is 1. The van der Waals surface area contributed by atoms with Crippen LogP contribution in [0, 0.1) is 6.92 Å². The number of para-hydroxylation sites is 1. The van der Waals surface area contributed by atoms with Crippen molar-refractivity contribution in [3.63, 3.8) is 0 Å². The van der Waals surface area contributed by atoms with Gasteiger partial charge in [-0.3, -0.25) is 9.69 Å². The van der Waals surface area contributed by atoms with Crippen molar-refractivity contribution in [2.45, 2.75) is 42.2 Å². The lowest BCUT2D eigenvalue weighted by Crippen LogP contribution is -2.38. The summed E-state index contributed by atoms with van der Waals surface area (Å²) in [4.78, 5) is 15.4. The van der Waals surface area contributed by atoms with Crippen molar-refractivity contribution >= 4 is 17.7 Å². The molecule has 0 aromatic heterocycles. The Kier molecular flexibility index (Phi) is 5.66. The summed E-state index contributed by atoms with van der Waals surface area (Å²) in [5.41, 5.74) is 1.24. The van der Waals surface area contributed by atoms with Crippen molar-refractivity contribution in [3.8, 4) is 5.75 Å². The van der Waals surface area contributed by atoms with E-state index in [9.17, 15) is 4.79 Å². The molecule has 0 amide bonds. The maximum absolute atomic E-state index is 11.1. The Labute approximate surface area is 152 Å². The summed E-state index contributed by atoms with van der Waals surface area (Å²) in [7, 11) is 0. The lowest BCUT2D eigenvalue weighted by molar-refractivity contribution is -0.142. The highest BCUT2D eigenvalue weighted by molar-refractivity contribution is 7.99. The molecule has 0 bridgehead atoms. The first-order chi connectivity index (χ1) is 12.0. The second-order valence-electron chi connectivity index (χ2n) is 6.40. The van der Waals surface area contributed by atoms with Gasteiger partial charge in [0.25, 0.3) is 0 Å². The smallest absolute Gasteiger partial charge is 0.320 e. The summed E-state index contributed by atoms with van der Waals surface area (Å²) >= 11 is 1.69. The highest BCUT2D eigenvalue weighted by Crippen LogP contribution is 2.36. The maximum Gasteiger partial charge on any atom is 0.320 e. The molecular formula is C20H23NO3S. The summed E-state index contributed by atoms with van der Waals surface area (Å²) in [6.07, 6.45) is 0.878. The Morgan fingerprint density at radius 2 is 1.96 bits per heavy atom. The molecule has 1 saturated heterocycles. The Hall–Kier alpha value is -1.98. The molecule has 0 aliphatic carbocycles. The fraction of sp³-hybridized carbons (Fsp3) is 0.350. The number of ether oxygens (including phenoxy) is 1. The molecule has 0 radical (unpaired) electrons. The zero-order valence-electron chi connectivity index (χ0n) is 14.5. The number of likely N-dealkylation sites (tertiary alicyclic amines) is 1. The molecule has 1 fully saturated rings. The van der Waals surface area contributed by atoms with Crippen LogP contribution in [-0.2, 0) is 4.79 Å². The van der Waals surface area contributed by atoms with E-state index >= 15 is 0 Å². The third-order valence-electron chi connectivity index (χ3n) is 4.47. The molecule has 2 aromatic rings. The summed E-state index contributed by atoms with van der Waals surface area (Å²) < 4.78 is 6.21. The number of carboxylic acids is 1. The lowest BCUT2D eigenvalue weighted by Gasteiger charge is -2.21. The first kappa shape index (κ1) is 17.8. The van der Waals surface area contributed by atoms with Crippen LogP contribution in [0.3, 0.4) is 0 Å². The van der Waals surface area contributed by atoms with Crippen LogP contribution < -0.4 is 4.74 Å². The molecule has 2 unspecified atom stereocenters. The van der Waals surface area contributed by atoms with Crippen LogP contribution in [-0.4, -0.2) is 41.2 Å². The number of carboxylic acid groups (broad SMARTS) is 1. The standard InChI is InChI=1S/C20H23NO3S/c1-14-7-9-17(10-8-14)25-19-6-4-3-5-18(19)24-16-11-12-21(13-16)15(2)20(22)23/h3-10,15-16H,11-13H2,1-2H3,(H,22,23). The molecule has 0 saturated carbocycles. The van der Waals surface area contributed by atoms with Crippen LogP contribution in [0.2, 0.25) is 0 Å². The monoisotopic (exact) mass is 357 g/mol. The fourth-order valence-electron chi connectivity index (χ4n) is 2.90. The normalized spacial score (nSPS) is 18.9. The van der Waals surface area contributed by atoms with E-state index in [1.54, 1.807) is 18.7 Å². The Morgan fingerprint density at radius 3 is 2.68 bits per heavy atom. The second kappa shape index (κ2) is 7.93. The SMILES string of the molecule is Cc1ccc(Sc2ccccc2OC2CCN(C(C)C(=O)O)C2)cc1. The van der Waals surface area contributed by atoms with E-state index in [0.717, 1.165) is 23.6 Å². The van der Waals surface area contributed by atoms with Gasteiger partial charge in [-0.05, 0) is 44.5 Å². The highest BCUT2D eigenvalue weighted by atomic mass is 32.2. The number of nitrogens with zero attached hydrogens (tertiary/aromatic N) is 1. The summed E-state index contributed by atoms with van der Waals surface area (Å²) in [5.74, 6) is 0.0823. The number of hydrogen-bond donors (Lipinski definition) is 1. The van der Waals surface area contributed by atoms with Crippen molar-refractivity contribution in [1.29, 1.82) is 0 Å². The zero-order chi connectivity index (χ0) is 17.8. The molecule has 1 N–H and O–H groups in total. The Bertz CT molecular complexity index is 732. The number of rotatable bonds is 6. The first-order valence-electron chi connectivity index (χ1n) is 8.50. The van der Waals surface area contributed by atoms with Crippen molar-refractivity contribution in [3.05, 3.63) is 54.1 Å². The van der Waals surface area contributed by atoms with E-state index in [0.29, 0.717) is 6.54 Å². The fourth-order valence-corrected chi connectivity index (χ4v) is 3.79. The van der Waals surface area contributed by atoms with Gasteiger partial charge in [0, 0.05) is 18.0 Å². The number of aliphatic carboxylic acids is 1. The Morgan fingerprint density at radius 1 is 1.24 bits per heavy atom. The molecular weight excluding hydrogens is 334 g/mol. The van der Waals surface area contributed by atoms with E-state index in [4.69, 9.17) is 9.84 Å². The molecule has 3 rings (SSSR count). The Balaban J connectivity index is 1.67.